The zero-order valence-corrected chi connectivity index (χ0v) is 16.9. The van der Waals surface area contributed by atoms with Crippen LogP contribution in [-0.2, 0) is 9.59 Å². The van der Waals surface area contributed by atoms with E-state index in [4.69, 9.17) is 4.74 Å². The lowest BCUT2D eigenvalue weighted by molar-refractivity contribution is -0.127. The fourth-order valence-corrected chi connectivity index (χ4v) is 4.04. The van der Waals surface area contributed by atoms with Crippen molar-refractivity contribution >= 4 is 34.0 Å². The van der Waals surface area contributed by atoms with Crippen LogP contribution in [-0.4, -0.2) is 29.4 Å². The number of halogens is 2. The average Bonchev–Trinajstić information content (AvgIpc) is 3.07. The van der Waals surface area contributed by atoms with E-state index in [9.17, 15) is 18.4 Å². The second-order valence-electron chi connectivity index (χ2n) is 6.75. The molecule has 0 saturated carbocycles. The first kappa shape index (κ1) is 20.0. The van der Waals surface area contributed by atoms with Crippen LogP contribution in [0.2, 0.25) is 0 Å². The summed E-state index contributed by atoms with van der Waals surface area (Å²) in [6, 6.07) is 10.5. The van der Waals surface area contributed by atoms with E-state index in [1.165, 1.54) is 22.3 Å². The fourth-order valence-electron chi connectivity index (χ4n) is 3.19. The molecular formula is C21H17F2N3O3S. The first-order valence-electron chi connectivity index (χ1n) is 9.13. The highest BCUT2D eigenvalue weighted by atomic mass is 32.1. The van der Waals surface area contributed by atoms with Crippen LogP contribution >= 0.6 is 11.3 Å². The topological polar surface area (TPSA) is 71.5 Å². The number of thiazole rings is 1. The molecule has 1 N–H and O–H groups in total. The van der Waals surface area contributed by atoms with Crippen molar-refractivity contribution in [3.05, 3.63) is 59.0 Å². The Bertz CT molecular complexity index is 1150. The van der Waals surface area contributed by atoms with Crippen molar-refractivity contribution in [1.82, 2.24) is 4.98 Å². The quantitative estimate of drug-likeness (QED) is 0.676. The lowest BCUT2D eigenvalue weighted by Gasteiger charge is -2.32. The molecule has 4 rings (SSSR count). The van der Waals surface area contributed by atoms with Gasteiger partial charge in [-0.1, -0.05) is 12.1 Å². The van der Waals surface area contributed by atoms with Crippen molar-refractivity contribution in [3.63, 3.8) is 0 Å². The minimum Gasteiger partial charge on any atom is -0.479 e. The van der Waals surface area contributed by atoms with E-state index in [-0.39, 0.29) is 12.5 Å². The maximum Gasteiger partial charge on any atom is 0.268 e. The van der Waals surface area contributed by atoms with Crippen LogP contribution in [0, 0.1) is 18.6 Å². The number of aryl methyl sites for hydroxylation is 1. The summed E-state index contributed by atoms with van der Waals surface area (Å²) in [5.41, 5.74) is 1.39. The molecular weight excluding hydrogens is 412 g/mol. The van der Waals surface area contributed by atoms with E-state index in [1.54, 1.807) is 38.1 Å². The molecule has 1 aliphatic heterocycles. The van der Waals surface area contributed by atoms with Crippen LogP contribution in [0.5, 0.6) is 5.75 Å². The molecule has 0 bridgehead atoms. The fraction of sp³-hybridized carbons (Fsp3) is 0.190. The Balaban J connectivity index is 1.52. The minimum absolute atomic E-state index is 0.206. The number of nitrogens with one attached hydrogen (secondary N) is 1. The Hall–Kier alpha value is -3.33. The lowest BCUT2D eigenvalue weighted by atomic mass is 10.1. The number of fused-ring (bicyclic) bond motifs is 1. The number of carbonyl (C=O) groups excluding carboxylic acids is 2. The standard InChI is InChI=1S/C21H17F2N3O3S/c1-11-20(28)26(16-5-3-4-6-17(16)29-11)10-18(27)24-21-25-19(12(2)30-21)13-7-8-14(22)15(23)9-13/h3-9,11H,10H2,1-2H3,(H,24,25,27). The Kier molecular flexibility index (Phi) is 5.21. The molecule has 2 aromatic carbocycles. The second-order valence-corrected chi connectivity index (χ2v) is 7.96. The first-order chi connectivity index (χ1) is 14.3. The van der Waals surface area contributed by atoms with E-state index in [1.807, 2.05) is 0 Å². The maximum absolute atomic E-state index is 13.5. The van der Waals surface area contributed by atoms with Crippen molar-refractivity contribution in [2.45, 2.75) is 20.0 Å². The number of ether oxygens (including phenoxy) is 1. The second kappa shape index (κ2) is 7.83. The summed E-state index contributed by atoms with van der Waals surface area (Å²) in [6.07, 6.45) is -0.699. The van der Waals surface area contributed by atoms with Crippen molar-refractivity contribution in [2.24, 2.45) is 0 Å². The number of para-hydroxylation sites is 2. The molecule has 0 radical (unpaired) electrons. The minimum atomic E-state index is -0.968. The molecule has 1 atom stereocenters. The van der Waals surface area contributed by atoms with Gasteiger partial charge in [-0.2, -0.15) is 0 Å². The number of hydrogen-bond acceptors (Lipinski definition) is 5. The van der Waals surface area contributed by atoms with E-state index in [2.05, 4.69) is 10.3 Å². The van der Waals surface area contributed by atoms with Gasteiger partial charge in [0.2, 0.25) is 5.91 Å². The molecule has 30 heavy (non-hydrogen) atoms. The molecule has 154 valence electrons. The number of rotatable bonds is 4. The summed E-state index contributed by atoms with van der Waals surface area (Å²) in [7, 11) is 0. The predicted molar refractivity (Wildman–Crippen MR) is 110 cm³/mol. The summed E-state index contributed by atoms with van der Waals surface area (Å²) >= 11 is 1.21. The Morgan fingerprint density at radius 1 is 1.23 bits per heavy atom. The Morgan fingerprint density at radius 2 is 2.00 bits per heavy atom. The summed E-state index contributed by atoms with van der Waals surface area (Å²) < 4.78 is 32.3. The van der Waals surface area contributed by atoms with Crippen molar-refractivity contribution in [3.8, 4) is 17.0 Å². The molecule has 0 fully saturated rings. The molecule has 2 amide bonds. The third-order valence-electron chi connectivity index (χ3n) is 4.61. The monoisotopic (exact) mass is 429 g/mol. The third kappa shape index (κ3) is 3.76. The SMILES string of the molecule is Cc1sc(NC(=O)CN2C(=O)C(C)Oc3ccccc32)nc1-c1ccc(F)c(F)c1. The van der Waals surface area contributed by atoms with Gasteiger partial charge < -0.3 is 10.1 Å². The summed E-state index contributed by atoms with van der Waals surface area (Å²) in [5.74, 6) is -2.13. The molecule has 0 aliphatic carbocycles. The highest BCUT2D eigenvalue weighted by Gasteiger charge is 2.32. The van der Waals surface area contributed by atoms with Gasteiger partial charge in [0.05, 0.1) is 11.4 Å². The summed E-state index contributed by atoms with van der Waals surface area (Å²) in [6.45, 7) is 3.19. The van der Waals surface area contributed by atoms with E-state index < -0.39 is 23.6 Å². The smallest absolute Gasteiger partial charge is 0.268 e. The molecule has 0 saturated heterocycles. The first-order valence-corrected chi connectivity index (χ1v) is 9.95. The van der Waals surface area contributed by atoms with Gasteiger partial charge in [0.15, 0.2) is 22.9 Å². The van der Waals surface area contributed by atoms with Crippen molar-refractivity contribution < 1.29 is 23.1 Å². The van der Waals surface area contributed by atoms with Gasteiger partial charge in [-0.25, -0.2) is 13.8 Å². The Labute approximate surface area is 175 Å². The van der Waals surface area contributed by atoms with Crippen LogP contribution in [0.25, 0.3) is 11.3 Å². The van der Waals surface area contributed by atoms with Crippen molar-refractivity contribution in [2.75, 3.05) is 16.8 Å². The molecule has 3 aromatic rings. The number of nitrogens with zero attached hydrogens (tertiary/aromatic N) is 2. The molecule has 0 spiro atoms. The number of hydrogen-bond donors (Lipinski definition) is 1. The number of aromatic nitrogens is 1. The zero-order valence-electron chi connectivity index (χ0n) is 16.1. The predicted octanol–water partition coefficient (Wildman–Crippen LogP) is 4.15. The van der Waals surface area contributed by atoms with E-state index >= 15 is 0 Å². The van der Waals surface area contributed by atoms with Gasteiger partial charge in [-0.05, 0) is 44.2 Å². The molecule has 9 heteroatoms. The molecule has 1 unspecified atom stereocenters. The largest absolute Gasteiger partial charge is 0.479 e. The van der Waals surface area contributed by atoms with Crippen LogP contribution in [0.15, 0.2) is 42.5 Å². The van der Waals surface area contributed by atoms with Gasteiger partial charge in [-0.3, -0.25) is 14.5 Å². The van der Waals surface area contributed by atoms with Gasteiger partial charge in [0.25, 0.3) is 5.91 Å². The highest BCUT2D eigenvalue weighted by Crippen LogP contribution is 2.34. The molecule has 1 aromatic heterocycles. The van der Waals surface area contributed by atoms with Crippen molar-refractivity contribution in [1.29, 1.82) is 0 Å². The number of amides is 2. The number of benzene rings is 2. The summed E-state index contributed by atoms with van der Waals surface area (Å²) in [4.78, 5) is 31.6. The van der Waals surface area contributed by atoms with Gasteiger partial charge in [0.1, 0.15) is 12.3 Å². The van der Waals surface area contributed by atoms with E-state index in [0.29, 0.717) is 27.8 Å². The van der Waals surface area contributed by atoms with E-state index in [0.717, 1.165) is 17.0 Å². The van der Waals surface area contributed by atoms with Gasteiger partial charge in [0, 0.05) is 10.4 Å². The third-order valence-corrected chi connectivity index (χ3v) is 5.50. The van der Waals surface area contributed by atoms with Crippen LogP contribution in [0.3, 0.4) is 0 Å². The Morgan fingerprint density at radius 3 is 2.77 bits per heavy atom. The maximum atomic E-state index is 13.5. The van der Waals surface area contributed by atoms with Crippen LogP contribution in [0.1, 0.15) is 11.8 Å². The normalized spacial score (nSPS) is 15.5. The lowest BCUT2D eigenvalue weighted by Crippen LogP contribution is -2.47. The zero-order chi connectivity index (χ0) is 21.4. The number of carbonyl (C=O) groups is 2. The highest BCUT2D eigenvalue weighted by molar-refractivity contribution is 7.16. The molecule has 6 nitrogen and oxygen atoms in total. The molecule has 1 aliphatic rings. The number of anilines is 2. The average molecular weight is 429 g/mol. The van der Waals surface area contributed by atoms with Gasteiger partial charge in [-0.15, -0.1) is 11.3 Å². The van der Waals surface area contributed by atoms with Crippen LogP contribution in [0.4, 0.5) is 19.6 Å². The molecule has 2 heterocycles. The summed E-state index contributed by atoms with van der Waals surface area (Å²) in [5, 5.41) is 2.98. The van der Waals surface area contributed by atoms with Gasteiger partial charge >= 0.3 is 0 Å². The van der Waals surface area contributed by atoms with Crippen LogP contribution < -0.4 is 15.0 Å².